The molecule has 1 atom stereocenters. The molecule has 2 nitrogen and oxygen atoms in total. The van der Waals surface area contributed by atoms with E-state index in [2.05, 4.69) is 44.5 Å². The second-order valence-corrected chi connectivity index (χ2v) is 5.49. The molecule has 1 saturated heterocycles. The lowest BCUT2D eigenvalue weighted by molar-refractivity contribution is 0.188. The molecule has 0 aromatic carbocycles. The third-order valence-corrected chi connectivity index (χ3v) is 4.56. The first kappa shape index (κ1) is 10.6. The number of hydrogen-bond acceptors (Lipinski definition) is 3. The second kappa shape index (κ2) is 4.75. The number of hydrogen-bond donors (Lipinski definition) is 1. The molecule has 0 bridgehead atoms. The van der Waals surface area contributed by atoms with Crippen LogP contribution in [0.15, 0.2) is 15.9 Å². The van der Waals surface area contributed by atoms with Gasteiger partial charge in [0.1, 0.15) is 0 Å². The van der Waals surface area contributed by atoms with Gasteiger partial charge in [-0.25, -0.2) is 0 Å². The van der Waals surface area contributed by atoms with Gasteiger partial charge < -0.3 is 5.32 Å². The SMILES string of the molecule is C[C@H](c1cc(Br)cs1)N1CCNCC1. The molecule has 4 heteroatoms. The third-order valence-electron chi connectivity index (χ3n) is 2.70. The van der Waals surface area contributed by atoms with Crippen molar-refractivity contribution in [3.8, 4) is 0 Å². The largest absolute Gasteiger partial charge is 0.314 e. The minimum absolute atomic E-state index is 0.563. The molecule has 0 saturated carbocycles. The van der Waals surface area contributed by atoms with Crippen molar-refractivity contribution < 1.29 is 0 Å². The van der Waals surface area contributed by atoms with Gasteiger partial charge >= 0.3 is 0 Å². The number of halogens is 1. The standard InChI is InChI=1S/C10H15BrN2S/c1-8(10-6-9(11)7-14-10)13-4-2-12-3-5-13/h6-8,12H,2-5H2,1H3/t8-/m1/s1. The van der Waals surface area contributed by atoms with Crippen molar-refractivity contribution in [2.45, 2.75) is 13.0 Å². The average Bonchev–Trinajstić information content (AvgIpc) is 2.65. The number of nitrogens with one attached hydrogen (secondary N) is 1. The molecule has 0 unspecified atom stereocenters. The van der Waals surface area contributed by atoms with E-state index in [1.165, 1.54) is 9.35 Å². The minimum atomic E-state index is 0.563. The topological polar surface area (TPSA) is 15.3 Å². The Bertz CT molecular complexity index is 294. The highest BCUT2D eigenvalue weighted by atomic mass is 79.9. The third kappa shape index (κ3) is 2.37. The van der Waals surface area contributed by atoms with Crippen molar-refractivity contribution in [3.05, 3.63) is 20.8 Å². The Hall–Kier alpha value is 0.1000. The van der Waals surface area contributed by atoms with E-state index in [0.717, 1.165) is 26.2 Å². The summed E-state index contributed by atoms with van der Waals surface area (Å²) in [6.45, 7) is 6.87. The van der Waals surface area contributed by atoms with E-state index >= 15 is 0 Å². The molecule has 1 aromatic heterocycles. The summed E-state index contributed by atoms with van der Waals surface area (Å²) in [5, 5.41) is 5.54. The number of nitrogens with zero attached hydrogens (tertiary/aromatic N) is 1. The van der Waals surface area contributed by atoms with Crippen LogP contribution in [0, 0.1) is 0 Å². The number of rotatable bonds is 2. The van der Waals surface area contributed by atoms with Gasteiger partial charge in [-0.2, -0.15) is 0 Å². The fourth-order valence-corrected chi connectivity index (χ4v) is 3.33. The molecule has 0 aliphatic carbocycles. The summed E-state index contributed by atoms with van der Waals surface area (Å²) in [5.41, 5.74) is 0. The quantitative estimate of drug-likeness (QED) is 0.892. The molecule has 2 rings (SSSR count). The lowest BCUT2D eigenvalue weighted by Crippen LogP contribution is -2.44. The summed E-state index contributed by atoms with van der Waals surface area (Å²) in [6.07, 6.45) is 0. The van der Waals surface area contributed by atoms with E-state index in [0.29, 0.717) is 6.04 Å². The Balaban J connectivity index is 2.03. The summed E-state index contributed by atoms with van der Waals surface area (Å²) >= 11 is 5.35. The van der Waals surface area contributed by atoms with Gasteiger partial charge in [0.05, 0.1) is 0 Å². The molecule has 1 aliphatic heterocycles. The van der Waals surface area contributed by atoms with E-state index in [9.17, 15) is 0 Å². The van der Waals surface area contributed by atoms with Crippen molar-refractivity contribution >= 4 is 27.3 Å². The maximum atomic E-state index is 3.50. The van der Waals surface area contributed by atoms with Crippen molar-refractivity contribution in [2.75, 3.05) is 26.2 Å². The molecular weight excluding hydrogens is 260 g/mol. The first-order chi connectivity index (χ1) is 6.77. The van der Waals surface area contributed by atoms with Crippen molar-refractivity contribution in [3.63, 3.8) is 0 Å². The van der Waals surface area contributed by atoms with E-state index < -0.39 is 0 Å². The summed E-state index contributed by atoms with van der Waals surface area (Å²) in [4.78, 5) is 3.99. The fourth-order valence-electron chi connectivity index (χ4n) is 1.80. The van der Waals surface area contributed by atoms with Crippen LogP contribution in [0.4, 0.5) is 0 Å². The molecule has 1 N–H and O–H groups in total. The molecule has 1 aromatic rings. The Labute approximate surface area is 97.4 Å². The van der Waals surface area contributed by atoms with Crippen LogP contribution in [0.5, 0.6) is 0 Å². The highest BCUT2D eigenvalue weighted by molar-refractivity contribution is 9.10. The molecule has 0 radical (unpaired) electrons. The predicted octanol–water partition coefficient (Wildman–Crippen LogP) is 2.48. The van der Waals surface area contributed by atoms with Gasteiger partial charge in [-0.05, 0) is 28.9 Å². The van der Waals surface area contributed by atoms with Crippen LogP contribution >= 0.6 is 27.3 Å². The smallest absolute Gasteiger partial charge is 0.0414 e. The molecule has 0 spiro atoms. The Morgan fingerprint density at radius 3 is 2.79 bits per heavy atom. The molecule has 0 amide bonds. The maximum Gasteiger partial charge on any atom is 0.0414 e. The molecule has 78 valence electrons. The highest BCUT2D eigenvalue weighted by Gasteiger charge is 2.18. The lowest BCUT2D eigenvalue weighted by Gasteiger charge is -2.32. The van der Waals surface area contributed by atoms with E-state index in [-0.39, 0.29) is 0 Å². The first-order valence-corrected chi connectivity index (χ1v) is 6.63. The zero-order chi connectivity index (χ0) is 9.97. The lowest BCUT2D eigenvalue weighted by atomic mass is 10.2. The van der Waals surface area contributed by atoms with Gasteiger partial charge in [-0.3, -0.25) is 4.90 Å². The zero-order valence-electron chi connectivity index (χ0n) is 8.29. The number of piperazine rings is 1. The average molecular weight is 275 g/mol. The van der Waals surface area contributed by atoms with E-state index in [1.54, 1.807) is 0 Å². The normalized spacial score (nSPS) is 21.0. The van der Waals surface area contributed by atoms with Crippen LogP contribution in [0.1, 0.15) is 17.8 Å². The van der Waals surface area contributed by atoms with Crippen molar-refractivity contribution in [2.24, 2.45) is 0 Å². The number of thiophene rings is 1. The predicted molar refractivity (Wildman–Crippen MR) is 64.9 cm³/mol. The molecular formula is C10H15BrN2S. The van der Waals surface area contributed by atoms with Crippen LogP contribution in [0.25, 0.3) is 0 Å². The van der Waals surface area contributed by atoms with Crippen LogP contribution < -0.4 is 5.32 Å². The summed E-state index contributed by atoms with van der Waals surface area (Å²) in [6, 6.07) is 2.80. The Morgan fingerprint density at radius 1 is 1.50 bits per heavy atom. The van der Waals surface area contributed by atoms with Gasteiger partial charge in [-0.15, -0.1) is 11.3 Å². The van der Waals surface area contributed by atoms with Crippen molar-refractivity contribution in [1.82, 2.24) is 10.2 Å². The van der Waals surface area contributed by atoms with E-state index in [4.69, 9.17) is 0 Å². The van der Waals surface area contributed by atoms with Gasteiger partial charge in [0.15, 0.2) is 0 Å². The highest BCUT2D eigenvalue weighted by Crippen LogP contribution is 2.29. The summed E-state index contributed by atoms with van der Waals surface area (Å²) < 4.78 is 1.21. The Morgan fingerprint density at radius 2 is 2.21 bits per heavy atom. The first-order valence-electron chi connectivity index (χ1n) is 4.96. The van der Waals surface area contributed by atoms with E-state index in [1.807, 2.05) is 11.3 Å². The van der Waals surface area contributed by atoms with Crippen LogP contribution in [0.3, 0.4) is 0 Å². The molecule has 14 heavy (non-hydrogen) atoms. The molecule has 1 aliphatic rings. The van der Waals surface area contributed by atoms with Gasteiger partial charge in [0.2, 0.25) is 0 Å². The fraction of sp³-hybridized carbons (Fsp3) is 0.600. The van der Waals surface area contributed by atoms with Gasteiger partial charge in [-0.1, -0.05) is 0 Å². The van der Waals surface area contributed by atoms with Gasteiger partial charge in [0, 0.05) is 47.0 Å². The molecule has 1 fully saturated rings. The van der Waals surface area contributed by atoms with Gasteiger partial charge in [0.25, 0.3) is 0 Å². The minimum Gasteiger partial charge on any atom is -0.314 e. The van der Waals surface area contributed by atoms with Crippen LogP contribution in [-0.2, 0) is 0 Å². The monoisotopic (exact) mass is 274 g/mol. The Kier molecular flexibility index (Phi) is 3.60. The molecule has 2 heterocycles. The maximum absolute atomic E-state index is 3.50. The summed E-state index contributed by atoms with van der Waals surface area (Å²) in [5.74, 6) is 0. The van der Waals surface area contributed by atoms with Crippen molar-refractivity contribution in [1.29, 1.82) is 0 Å². The second-order valence-electron chi connectivity index (χ2n) is 3.63. The van der Waals surface area contributed by atoms with Crippen LogP contribution in [0.2, 0.25) is 0 Å². The zero-order valence-corrected chi connectivity index (χ0v) is 10.7. The summed E-state index contributed by atoms with van der Waals surface area (Å²) in [7, 11) is 0. The van der Waals surface area contributed by atoms with Crippen LogP contribution in [-0.4, -0.2) is 31.1 Å².